The van der Waals surface area contributed by atoms with E-state index in [1.165, 1.54) is 0 Å². The second-order valence-electron chi connectivity index (χ2n) is 4.23. The Balaban J connectivity index is 2.14. The lowest BCUT2D eigenvalue weighted by molar-refractivity contribution is -0.141. The number of carbonyl (C=O) groups is 1. The second-order valence-corrected chi connectivity index (χ2v) is 4.23. The maximum atomic E-state index is 10.9. The van der Waals surface area contributed by atoms with Crippen LogP contribution >= 0.6 is 0 Å². The summed E-state index contributed by atoms with van der Waals surface area (Å²) < 4.78 is 5.08. The lowest BCUT2D eigenvalue weighted by Crippen LogP contribution is -2.17. The van der Waals surface area contributed by atoms with E-state index in [2.05, 4.69) is 5.32 Å². The summed E-state index contributed by atoms with van der Waals surface area (Å²) in [5.74, 6) is -0.425. The highest BCUT2D eigenvalue weighted by Gasteiger charge is 2.30. The van der Waals surface area contributed by atoms with Crippen molar-refractivity contribution in [3.05, 3.63) is 23.8 Å². The molecule has 2 atom stereocenters. The quantitative estimate of drug-likeness (QED) is 0.682. The third-order valence-electron chi connectivity index (χ3n) is 3.14. The summed E-state index contributed by atoms with van der Waals surface area (Å²) in [5.41, 5.74) is 7.41. The van der Waals surface area contributed by atoms with Crippen LogP contribution in [0.5, 0.6) is 5.75 Å². The molecule has 2 rings (SSSR count). The maximum absolute atomic E-state index is 10.9. The predicted molar refractivity (Wildman–Crippen MR) is 63.9 cm³/mol. The molecule has 1 aliphatic rings. The van der Waals surface area contributed by atoms with Gasteiger partial charge in [0.1, 0.15) is 5.75 Å². The molecule has 0 amide bonds. The third-order valence-corrected chi connectivity index (χ3v) is 3.14. The first-order chi connectivity index (χ1) is 8.11. The Kier molecular flexibility index (Phi) is 3.19. The SMILES string of the molecule is COc1ccc(C2CC(C(=O)O)CN2)cc1N. The van der Waals surface area contributed by atoms with Crippen LogP contribution in [0.1, 0.15) is 18.0 Å². The molecule has 0 aromatic heterocycles. The molecule has 1 aromatic rings. The van der Waals surface area contributed by atoms with Crippen molar-refractivity contribution in [3.8, 4) is 5.75 Å². The molecular formula is C12H16N2O3. The maximum Gasteiger partial charge on any atom is 0.307 e. The molecule has 0 radical (unpaired) electrons. The van der Waals surface area contributed by atoms with Crippen molar-refractivity contribution in [2.45, 2.75) is 12.5 Å². The molecule has 92 valence electrons. The summed E-state index contributed by atoms with van der Waals surface area (Å²) in [7, 11) is 1.57. The van der Waals surface area contributed by atoms with E-state index in [0.717, 1.165) is 5.56 Å². The summed E-state index contributed by atoms with van der Waals surface area (Å²) in [6.45, 7) is 0.506. The zero-order valence-electron chi connectivity index (χ0n) is 9.64. The Bertz CT molecular complexity index is 434. The number of carboxylic acids is 1. The number of nitrogens with two attached hydrogens (primary N) is 1. The summed E-state index contributed by atoms with van der Waals surface area (Å²) in [6, 6.07) is 5.61. The molecule has 1 fully saturated rings. The minimum atomic E-state index is -0.749. The Morgan fingerprint density at radius 3 is 2.88 bits per heavy atom. The van der Waals surface area contributed by atoms with Crippen LogP contribution in [0.2, 0.25) is 0 Å². The Hall–Kier alpha value is -1.75. The molecule has 5 nitrogen and oxygen atoms in total. The van der Waals surface area contributed by atoms with Crippen LogP contribution in [-0.2, 0) is 4.79 Å². The molecule has 0 aliphatic carbocycles. The van der Waals surface area contributed by atoms with Gasteiger partial charge in [0, 0.05) is 12.6 Å². The fourth-order valence-corrected chi connectivity index (χ4v) is 2.15. The number of aliphatic carboxylic acids is 1. The molecule has 0 bridgehead atoms. The first kappa shape index (κ1) is 11.7. The van der Waals surface area contributed by atoms with E-state index in [9.17, 15) is 4.79 Å². The van der Waals surface area contributed by atoms with Gasteiger partial charge in [0.25, 0.3) is 0 Å². The Labute approximate surface area is 99.6 Å². The number of carboxylic acid groups (broad SMARTS) is 1. The van der Waals surface area contributed by atoms with Crippen molar-refractivity contribution in [1.82, 2.24) is 5.32 Å². The van der Waals surface area contributed by atoms with Gasteiger partial charge < -0.3 is 20.9 Å². The molecule has 2 unspecified atom stereocenters. The number of methoxy groups -OCH3 is 1. The molecule has 17 heavy (non-hydrogen) atoms. The molecular weight excluding hydrogens is 220 g/mol. The van der Waals surface area contributed by atoms with Gasteiger partial charge >= 0.3 is 5.97 Å². The highest BCUT2D eigenvalue weighted by molar-refractivity contribution is 5.71. The first-order valence-corrected chi connectivity index (χ1v) is 5.51. The lowest BCUT2D eigenvalue weighted by atomic mass is 9.99. The molecule has 1 saturated heterocycles. The van der Waals surface area contributed by atoms with Crippen molar-refractivity contribution >= 4 is 11.7 Å². The van der Waals surface area contributed by atoms with Crippen LogP contribution in [-0.4, -0.2) is 24.7 Å². The molecule has 0 saturated carbocycles. The molecule has 1 heterocycles. The van der Waals surface area contributed by atoms with Crippen LogP contribution < -0.4 is 15.8 Å². The zero-order valence-corrected chi connectivity index (χ0v) is 9.64. The smallest absolute Gasteiger partial charge is 0.307 e. The number of rotatable bonds is 3. The monoisotopic (exact) mass is 236 g/mol. The van der Waals surface area contributed by atoms with Gasteiger partial charge in [-0.15, -0.1) is 0 Å². The van der Waals surface area contributed by atoms with E-state index in [1.807, 2.05) is 12.1 Å². The van der Waals surface area contributed by atoms with E-state index in [1.54, 1.807) is 13.2 Å². The second kappa shape index (κ2) is 4.63. The van der Waals surface area contributed by atoms with Gasteiger partial charge in [-0.05, 0) is 24.1 Å². The van der Waals surface area contributed by atoms with Gasteiger partial charge in [0.15, 0.2) is 0 Å². The summed E-state index contributed by atoms with van der Waals surface area (Å²) >= 11 is 0. The number of benzene rings is 1. The van der Waals surface area contributed by atoms with Gasteiger partial charge in [0.2, 0.25) is 0 Å². The largest absolute Gasteiger partial charge is 0.495 e. The van der Waals surface area contributed by atoms with E-state index in [-0.39, 0.29) is 12.0 Å². The van der Waals surface area contributed by atoms with Crippen molar-refractivity contribution < 1.29 is 14.6 Å². The Morgan fingerprint density at radius 1 is 1.59 bits per heavy atom. The number of ether oxygens (including phenoxy) is 1. The number of hydrogen-bond acceptors (Lipinski definition) is 4. The van der Waals surface area contributed by atoms with Crippen molar-refractivity contribution in [2.24, 2.45) is 5.92 Å². The molecule has 5 heteroatoms. The highest BCUT2D eigenvalue weighted by Crippen LogP contribution is 2.31. The minimum absolute atomic E-state index is 0.0595. The van der Waals surface area contributed by atoms with Crippen LogP contribution in [0.15, 0.2) is 18.2 Å². The van der Waals surface area contributed by atoms with Crippen molar-refractivity contribution in [1.29, 1.82) is 0 Å². The van der Waals surface area contributed by atoms with Crippen molar-refractivity contribution in [2.75, 3.05) is 19.4 Å². The number of hydrogen-bond donors (Lipinski definition) is 3. The Morgan fingerprint density at radius 2 is 2.35 bits per heavy atom. The topological polar surface area (TPSA) is 84.6 Å². The van der Waals surface area contributed by atoms with Gasteiger partial charge in [-0.3, -0.25) is 4.79 Å². The summed E-state index contributed by atoms with van der Waals surface area (Å²) in [6.07, 6.45) is 0.598. The molecule has 1 aromatic carbocycles. The number of anilines is 1. The predicted octanol–water partition coefficient (Wildman–Crippen LogP) is 1.01. The average Bonchev–Trinajstić information content (AvgIpc) is 2.78. The molecule has 0 spiro atoms. The van der Waals surface area contributed by atoms with E-state index < -0.39 is 5.97 Å². The van der Waals surface area contributed by atoms with Gasteiger partial charge in [0.05, 0.1) is 18.7 Å². The average molecular weight is 236 g/mol. The van der Waals surface area contributed by atoms with Crippen LogP contribution in [0.4, 0.5) is 5.69 Å². The van der Waals surface area contributed by atoms with E-state index >= 15 is 0 Å². The molecule has 4 N–H and O–H groups in total. The number of nitrogens with one attached hydrogen (secondary N) is 1. The van der Waals surface area contributed by atoms with E-state index in [0.29, 0.717) is 24.4 Å². The standard InChI is InChI=1S/C12H16N2O3/c1-17-11-3-2-7(4-9(11)13)10-5-8(6-14-10)12(15)16/h2-4,8,10,14H,5-6,13H2,1H3,(H,15,16). The molecule has 1 aliphatic heterocycles. The van der Waals surface area contributed by atoms with Crippen LogP contribution in [0.3, 0.4) is 0 Å². The van der Waals surface area contributed by atoms with Crippen LogP contribution in [0.25, 0.3) is 0 Å². The fraction of sp³-hybridized carbons (Fsp3) is 0.417. The van der Waals surface area contributed by atoms with Crippen molar-refractivity contribution in [3.63, 3.8) is 0 Å². The number of nitrogen functional groups attached to an aromatic ring is 1. The fourth-order valence-electron chi connectivity index (χ4n) is 2.15. The first-order valence-electron chi connectivity index (χ1n) is 5.51. The minimum Gasteiger partial charge on any atom is -0.495 e. The normalized spacial score (nSPS) is 23.6. The summed E-state index contributed by atoms with van der Waals surface area (Å²) in [5, 5.41) is 12.1. The lowest BCUT2D eigenvalue weighted by Gasteiger charge is -2.13. The highest BCUT2D eigenvalue weighted by atomic mass is 16.5. The van der Waals surface area contributed by atoms with Gasteiger partial charge in [-0.2, -0.15) is 0 Å². The van der Waals surface area contributed by atoms with Crippen LogP contribution in [0, 0.1) is 5.92 Å². The summed E-state index contributed by atoms with van der Waals surface area (Å²) in [4.78, 5) is 10.9. The van der Waals surface area contributed by atoms with E-state index in [4.69, 9.17) is 15.6 Å². The zero-order chi connectivity index (χ0) is 12.4. The van der Waals surface area contributed by atoms with Gasteiger partial charge in [-0.25, -0.2) is 0 Å². The third kappa shape index (κ3) is 2.34. The van der Waals surface area contributed by atoms with Gasteiger partial charge in [-0.1, -0.05) is 6.07 Å².